The smallest absolute Gasteiger partial charge is 0.319 e. The van der Waals surface area contributed by atoms with Gasteiger partial charge in [0.25, 0.3) is 5.91 Å². The fourth-order valence-electron chi connectivity index (χ4n) is 5.46. The third-order valence-corrected chi connectivity index (χ3v) is 9.35. The van der Waals surface area contributed by atoms with E-state index < -0.39 is 27.5 Å². The van der Waals surface area contributed by atoms with Crippen LogP contribution in [0.15, 0.2) is 47.4 Å². The molecule has 1 N–H and O–H groups in total. The van der Waals surface area contributed by atoms with Gasteiger partial charge in [0.1, 0.15) is 12.1 Å². The predicted molar refractivity (Wildman–Crippen MR) is 129 cm³/mol. The summed E-state index contributed by atoms with van der Waals surface area (Å²) in [5, 5.41) is 2.84. The zero-order valence-corrected chi connectivity index (χ0v) is 20.6. The number of aryl methyl sites for hydroxylation is 1. The molecule has 1 atom stereocenters. The average Bonchev–Trinajstić information content (AvgIpc) is 3.50. The van der Waals surface area contributed by atoms with E-state index in [4.69, 9.17) is 0 Å². The number of fused-ring (bicyclic) bond motifs is 3. The summed E-state index contributed by atoms with van der Waals surface area (Å²) in [6, 6.07) is 11.8. The van der Waals surface area contributed by atoms with E-state index in [9.17, 15) is 22.8 Å². The lowest BCUT2D eigenvalue weighted by molar-refractivity contribution is -0.134. The summed E-state index contributed by atoms with van der Waals surface area (Å²) >= 11 is 0. The van der Waals surface area contributed by atoms with E-state index in [0.717, 1.165) is 21.6 Å². The fraction of sp³-hybridized carbons (Fsp3) is 0.400. The SMILES string of the molecule is CCN(CC)S(=O)(=O)c1ccc2c(c1)CCN2C(=O)CN1C(=O)NC2(CCc3ccccc32)C1=O. The number of amides is 4. The third-order valence-electron chi connectivity index (χ3n) is 7.31. The van der Waals surface area contributed by atoms with E-state index in [2.05, 4.69) is 5.32 Å². The molecule has 184 valence electrons. The zero-order valence-electron chi connectivity index (χ0n) is 19.8. The van der Waals surface area contributed by atoms with Gasteiger partial charge in [-0.15, -0.1) is 0 Å². The Balaban J connectivity index is 1.35. The lowest BCUT2D eigenvalue weighted by atomic mass is 9.92. The highest BCUT2D eigenvalue weighted by atomic mass is 32.2. The van der Waals surface area contributed by atoms with Crippen molar-refractivity contribution in [3.8, 4) is 0 Å². The van der Waals surface area contributed by atoms with Gasteiger partial charge in [0.15, 0.2) is 0 Å². The summed E-state index contributed by atoms with van der Waals surface area (Å²) in [5.41, 5.74) is 2.08. The summed E-state index contributed by atoms with van der Waals surface area (Å²) in [4.78, 5) is 42.1. The van der Waals surface area contributed by atoms with Gasteiger partial charge >= 0.3 is 6.03 Å². The second-order valence-corrected chi connectivity index (χ2v) is 11.0. The highest BCUT2D eigenvalue weighted by molar-refractivity contribution is 7.89. The number of carbonyl (C=O) groups excluding carboxylic acids is 3. The van der Waals surface area contributed by atoms with Gasteiger partial charge in [-0.05, 0) is 54.2 Å². The standard InChI is InChI=1S/C25H28N4O5S/c1-3-27(4-2)35(33,34)19-9-10-21-18(15-19)12-14-28(21)22(30)16-29-23(31)25(26-24(29)32)13-11-17-7-5-6-8-20(17)25/h5-10,15H,3-4,11-14,16H2,1-2H3,(H,26,32). The minimum Gasteiger partial charge on any atom is -0.319 e. The van der Waals surface area contributed by atoms with Gasteiger partial charge in [-0.2, -0.15) is 4.31 Å². The molecule has 1 spiro atoms. The van der Waals surface area contributed by atoms with Crippen molar-refractivity contribution in [3.63, 3.8) is 0 Å². The molecule has 2 aromatic carbocycles. The Bertz CT molecular complexity index is 1340. The Hall–Kier alpha value is -3.24. The number of urea groups is 1. The van der Waals surface area contributed by atoms with E-state index in [0.29, 0.717) is 44.6 Å². The Morgan fingerprint density at radius 1 is 1.06 bits per heavy atom. The van der Waals surface area contributed by atoms with Gasteiger partial charge < -0.3 is 10.2 Å². The van der Waals surface area contributed by atoms with E-state index in [1.807, 2.05) is 24.3 Å². The van der Waals surface area contributed by atoms with Crippen molar-refractivity contribution in [3.05, 3.63) is 59.2 Å². The number of nitrogens with zero attached hydrogens (tertiary/aromatic N) is 3. The molecule has 1 saturated heterocycles. The van der Waals surface area contributed by atoms with Crippen molar-refractivity contribution in [1.82, 2.24) is 14.5 Å². The minimum absolute atomic E-state index is 0.199. The topological polar surface area (TPSA) is 107 Å². The average molecular weight is 497 g/mol. The first kappa shape index (κ1) is 23.5. The molecule has 2 aromatic rings. The van der Waals surface area contributed by atoms with Crippen LogP contribution in [0, 0.1) is 0 Å². The summed E-state index contributed by atoms with van der Waals surface area (Å²) in [6.45, 7) is 4.32. The molecular weight excluding hydrogens is 468 g/mol. The van der Waals surface area contributed by atoms with Crippen LogP contribution in [0.4, 0.5) is 10.5 Å². The van der Waals surface area contributed by atoms with Crippen LogP contribution < -0.4 is 10.2 Å². The molecule has 2 heterocycles. The summed E-state index contributed by atoms with van der Waals surface area (Å²) in [7, 11) is -3.61. The molecule has 35 heavy (non-hydrogen) atoms. The molecule has 0 radical (unpaired) electrons. The molecular formula is C25H28N4O5S. The second-order valence-electron chi connectivity index (χ2n) is 9.06. The summed E-state index contributed by atoms with van der Waals surface area (Å²) < 4.78 is 27.1. The van der Waals surface area contributed by atoms with Crippen LogP contribution in [0.5, 0.6) is 0 Å². The monoisotopic (exact) mass is 496 g/mol. The molecule has 5 rings (SSSR count). The van der Waals surface area contributed by atoms with Crippen molar-refractivity contribution >= 4 is 33.6 Å². The third kappa shape index (κ3) is 3.54. The summed E-state index contributed by atoms with van der Waals surface area (Å²) in [6.07, 6.45) is 1.65. The van der Waals surface area contributed by atoms with Gasteiger partial charge in [-0.3, -0.25) is 14.5 Å². The lowest BCUT2D eigenvalue weighted by Gasteiger charge is -2.23. The highest BCUT2D eigenvalue weighted by Gasteiger charge is 2.55. The lowest BCUT2D eigenvalue weighted by Crippen LogP contribution is -2.44. The minimum atomic E-state index is -3.61. The van der Waals surface area contributed by atoms with Gasteiger partial charge in [0, 0.05) is 25.3 Å². The Morgan fingerprint density at radius 2 is 1.80 bits per heavy atom. The maximum atomic E-state index is 13.4. The number of hydrogen-bond acceptors (Lipinski definition) is 5. The van der Waals surface area contributed by atoms with E-state index in [-0.39, 0.29) is 17.3 Å². The van der Waals surface area contributed by atoms with Crippen molar-refractivity contribution in [2.45, 2.75) is 43.5 Å². The Morgan fingerprint density at radius 3 is 2.54 bits per heavy atom. The van der Waals surface area contributed by atoms with E-state index in [1.165, 1.54) is 15.3 Å². The van der Waals surface area contributed by atoms with Crippen LogP contribution >= 0.6 is 0 Å². The number of imide groups is 1. The molecule has 10 heteroatoms. The first-order valence-electron chi connectivity index (χ1n) is 11.9. The molecule has 1 fully saturated rings. The van der Waals surface area contributed by atoms with Crippen LogP contribution in [0.3, 0.4) is 0 Å². The number of rotatable bonds is 6. The molecule has 1 aliphatic carbocycles. The maximum absolute atomic E-state index is 13.4. The number of nitrogens with one attached hydrogen (secondary N) is 1. The van der Waals surface area contributed by atoms with Gasteiger partial charge in [-0.25, -0.2) is 13.2 Å². The van der Waals surface area contributed by atoms with Crippen LogP contribution in [0.25, 0.3) is 0 Å². The molecule has 1 unspecified atom stereocenters. The van der Waals surface area contributed by atoms with Gasteiger partial charge in [0.05, 0.1) is 4.90 Å². The number of sulfonamides is 1. The number of benzene rings is 2. The zero-order chi connectivity index (χ0) is 25.0. The maximum Gasteiger partial charge on any atom is 0.325 e. The highest BCUT2D eigenvalue weighted by Crippen LogP contribution is 2.41. The van der Waals surface area contributed by atoms with Crippen LogP contribution in [0.2, 0.25) is 0 Å². The molecule has 0 aromatic heterocycles. The molecule has 4 amide bonds. The van der Waals surface area contributed by atoms with Crippen LogP contribution in [-0.4, -0.2) is 61.6 Å². The van der Waals surface area contributed by atoms with Crippen molar-refractivity contribution in [2.75, 3.05) is 31.1 Å². The normalized spacial score (nSPS) is 21.1. The van der Waals surface area contributed by atoms with Gasteiger partial charge in [-0.1, -0.05) is 38.1 Å². The largest absolute Gasteiger partial charge is 0.325 e. The van der Waals surface area contributed by atoms with E-state index >= 15 is 0 Å². The predicted octanol–water partition coefficient (Wildman–Crippen LogP) is 2.00. The van der Waals surface area contributed by atoms with Gasteiger partial charge in [0.2, 0.25) is 15.9 Å². The van der Waals surface area contributed by atoms with Crippen molar-refractivity contribution in [1.29, 1.82) is 0 Å². The quantitative estimate of drug-likeness (QED) is 0.616. The molecule has 9 nitrogen and oxygen atoms in total. The van der Waals surface area contributed by atoms with Crippen molar-refractivity contribution < 1.29 is 22.8 Å². The van der Waals surface area contributed by atoms with E-state index in [1.54, 1.807) is 26.0 Å². The van der Waals surface area contributed by atoms with Crippen LogP contribution in [-0.2, 0) is 38.0 Å². The number of hydrogen-bond donors (Lipinski definition) is 1. The first-order valence-corrected chi connectivity index (χ1v) is 13.3. The number of anilines is 1. The van der Waals surface area contributed by atoms with Crippen LogP contribution in [0.1, 0.15) is 37.0 Å². The number of carbonyl (C=O) groups is 3. The van der Waals surface area contributed by atoms with Crippen molar-refractivity contribution in [2.24, 2.45) is 0 Å². The molecule has 0 saturated carbocycles. The Kier molecular flexibility index (Phi) is 5.68. The summed E-state index contributed by atoms with van der Waals surface area (Å²) in [5.74, 6) is -0.782. The fourth-order valence-corrected chi connectivity index (χ4v) is 6.97. The first-order chi connectivity index (χ1) is 16.7. The molecule has 2 aliphatic heterocycles. The second kappa shape index (κ2) is 8.46. The Labute approximate surface area is 204 Å². The molecule has 0 bridgehead atoms. The molecule has 3 aliphatic rings.